The minimum atomic E-state index is 0. The fraction of sp³-hybridized carbons (Fsp3) is 0. The third-order valence-corrected chi connectivity index (χ3v) is 0. The predicted molar refractivity (Wildman–Crippen MR) is 13.2 cm³/mol. The molecule has 0 aliphatic carbocycles. The Bertz CT molecular complexity index is 15.5. The topological polar surface area (TPSA) is 35.4 Å². The summed E-state index contributed by atoms with van der Waals surface area (Å²) in [6, 6.07) is 0. The van der Waals surface area contributed by atoms with E-state index >= 15 is 0 Å². The van der Waals surface area contributed by atoms with Gasteiger partial charge in [0.25, 0.3) is 0 Å². The smallest absolute Gasteiger partial charge is 0.782 e. The molecule has 0 unspecified atom stereocenters. The van der Waals surface area contributed by atoms with Crippen molar-refractivity contribution in [2.75, 3.05) is 0 Å². The molecule has 18 valence electrons. The minimum absolute atomic E-state index is 0. The maximum Gasteiger partial charge on any atom is 1.00 e. The van der Waals surface area contributed by atoms with E-state index < -0.39 is 0 Å². The molecule has 0 bridgehead atoms. The summed E-state index contributed by atoms with van der Waals surface area (Å²) in [5.41, 5.74) is 0. The van der Waals surface area contributed by atoms with Crippen molar-refractivity contribution in [1.82, 2.24) is 0 Å². The van der Waals surface area contributed by atoms with Gasteiger partial charge >= 0.3 is 29.6 Å². The summed E-state index contributed by atoms with van der Waals surface area (Å²) < 4.78 is 1.83. The third-order valence-electron chi connectivity index (χ3n) is 0. The van der Waals surface area contributed by atoms with Crippen LogP contribution >= 0.6 is 0 Å². The normalized spacial score (nSPS) is 3.00. The van der Waals surface area contributed by atoms with Gasteiger partial charge in [-0.15, -0.1) is 0 Å². The Labute approximate surface area is 51.6 Å². The van der Waals surface area contributed by atoms with Gasteiger partial charge in [-0.25, -0.2) is 4.53 Å². The maximum absolute atomic E-state index is 8.37. The average Bonchev–Trinajstić information content (AvgIpc) is 0.918. The molecule has 0 saturated heterocycles. The van der Waals surface area contributed by atoms with Crippen LogP contribution in [0.1, 0.15) is 0 Å². The monoisotopic (exact) mass is 85.0 g/mol. The van der Waals surface area contributed by atoms with Crippen LogP contribution in [0.25, 0.3) is 0 Å². The molecule has 0 aliphatic rings. The Morgan fingerprint density at radius 1 is 1.75 bits per heavy atom. The fourth-order valence-corrected chi connectivity index (χ4v) is 0. The molecule has 0 aromatic carbocycles. The van der Waals surface area contributed by atoms with Crippen LogP contribution in [0.4, 0.5) is 0 Å². The molecule has 0 rings (SSSR count). The number of rotatable bonds is 0. The van der Waals surface area contributed by atoms with Crippen molar-refractivity contribution in [3.05, 3.63) is 5.21 Å². The van der Waals surface area contributed by atoms with Crippen LogP contribution in [-0.4, -0.2) is 0 Å². The van der Waals surface area contributed by atoms with E-state index in [-0.39, 0.29) is 29.6 Å². The van der Waals surface area contributed by atoms with Crippen LogP contribution in [0.3, 0.4) is 0 Å². The number of hydrogen-bond acceptors (Lipinski definition) is 3. The predicted octanol–water partition coefficient (Wildman–Crippen LogP) is -2.78. The Balaban J connectivity index is 0. The fourth-order valence-electron chi connectivity index (χ4n) is 0. The second-order valence-corrected chi connectivity index (χ2v) is 0.224. The molecule has 0 atom stereocenters. The zero-order valence-corrected chi connectivity index (χ0v) is 5.08. The zero-order chi connectivity index (χ0) is 2.71. The van der Waals surface area contributed by atoms with Crippen LogP contribution in [0.5, 0.6) is 0 Å². The van der Waals surface area contributed by atoms with Gasteiger partial charge in [-0.05, 0) is 0 Å². The first-order valence-corrected chi connectivity index (χ1v) is 0.730. The summed E-state index contributed by atoms with van der Waals surface area (Å²) in [5.74, 6) is 0. The van der Waals surface area contributed by atoms with Gasteiger partial charge in [0.15, 0.2) is 0 Å². The van der Waals surface area contributed by atoms with Crippen molar-refractivity contribution in [1.29, 1.82) is 0 Å². The van der Waals surface area contributed by atoms with Crippen LogP contribution in [0, 0.1) is 5.21 Å². The zero-order valence-electron chi connectivity index (χ0n) is 2.26. The van der Waals surface area contributed by atoms with E-state index in [1.807, 2.05) is 4.53 Å². The Kier molecular flexibility index (Phi) is 20.3. The van der Waals surface area contributed by atoms with E-state index in [2.05, 4.69) is 12.4 Å². The van der Waals surface area contributed by atoms with Crippen molar-refractivity contribution in [3.8, 4) is 0 Å². The van der Waals surface area contributed by atoms with Gasteiger partial charge in [0, 0.05) is 12.4 Å². The van der Waals surface area contributed by atoms with Crippen LogP contribution < -0.4 is 29.6 Å². The number of nitrogens with zero attached hydrogens (tertiary/aromatic N) is 1. The van der Waals surface area contributed by atoms with Gasteiger partial charge in [0.2, 0.25) is 0 Å². The van der Waals surface area contributed by atoms with Gasteiger partial charge in [-0.3, -0.25) is 0 Å². The summed E-state index contributed by atoms with van der Waals surface area (Å²) >= 11 is 3.46. The summed E-state index contributed by atoms with van der Waals surface area (Å²) in [6.45, 7) is 0. The molecular weight excluding hydrogens is 85.1 g/mol. The molecule has 0 heterocycles. The molecule has 4 heteroatoms. The SMILES string of the molecule is [Na+].[O-]N=S. The van der Waals surface area contributed by atoms with Crippen molar-refractivity contribution in [2.45, 2.75) is 0 Å². The molecule has 0 radical (unpaired) electrons. The van der Waals surface area contributed by atoms with E-state index in [1.165, 1.54) is 0 Å². The molecule has 2 nitrogen and oxygen atoms in total. The summed E-state index contributed by atoms with van der Waals surface area (Å²) in [5, 5.41) is 8.37. The summed E-state index contributed by atoms with van der Waals surface area (Å²) in [7, 11) is 0. The quantitative estimate of drug-likeness (QED) is 0.235. The molecule has 0 aromatic rings. The first-order valence-electron chi connectivity index (χ1n) is 0.365. The molecule has 0 amide bonds. The van der Waals surface area contributed by atoms with Gasteiger partial charge in [-0.1, -0.05) is 0 Å². The summed E-state index contributed by atoms with van der Waals surface area (Å²) in [6.07, 6.45) is 0. The van der Waals surface area contributed by atoms with Crippen molar-refractivity contribution in [2.24, 2.45) is 4.53 Å². The van der Waals surface area contributed by atoms with E-state index in [0.717, 1.165) is 0 Å². The number of hydrogen-bond donors (Lipinski definition) is 0. The Morgan fingerprint density at radius 2 is 1.75 bits per heavy atom. The van der Waals surface area contributed by atoms with E-state index in [0.29, 0.717) is 0 Å². The Hall–Kier alpha value is 0.820. The Morgan fingerprint density at radius 3 is 1.75 bits per heavy atom. The summed E-state index contributed by atoms with van der Waals surface area (Å²) in [4.78, 5) is 0. The molecule has 0 N–H and O–H groups in total. The van der Waals surface area contributed by atoms with Gasteiger partial charge in [0.05, 0.1) is 0 Å². The largest absolute Gasteiger partial charge is 1.00 e. The minimum Gasteiger partial charge on any atom is -0.782 e. The molecule has 0 fully saturated rings. The molecule has 0 spiro atoms. The standard InChI is InChI=1S/HNOS.Na/c2-1-3;/h(H,2,3);/q;+1/p-1. The van der Waals surface area contributed by atoms with Crippen molar-refractivity contribution >= 4 is 12.4 Å². The second-order valence-electron chi connectivity index (χ2n) is 0.0745. The second kappa shape index (κ2) is 9.17. The molecular formula is NNaOS. The van der Waals surface area contributed by atoms with Gasteiger partial charge < -0.3 is 5.21 Å². The molecule has 4 heavy (non-hydrogen) atoms. The van der Waals surface area contributed by atoms with E-state index in [1.54, 1.807) is 0 Å². The maximum atomic E-state index is 8.37. The third kappa shape index (κ3) is 13.9. The van der Waals surface area contributed by atoms with Crippen LogP contribution in [-0.2, 0) is 12.4 Å². The van der Waals surface area contributed by atoms with Gasteiger partial charge in [0.1, 0.15) is 0 Å². The van der Waals surface area contributed by atoms with E-state index in [9.17, 15) is 0 Å². The first kappa shape index (κ1) is 8.84. The first-order chi connectivity index (χ1) is 1.41. The van der Waals surface area contributed by atoms with E-state index in [4.69, 9.17) is 5.21 Å². The average molecular weight is 85.1 g/mol. The van der Waals surface area contributed by atoms with Crippen molar-refractivity contribution < 1.29 is 29.6 Å². The van der Waals surface area contributed by atoms with Gasteiger partial charge in [-0.2, -0.15) is 0 Å². The van der Waals surface area contributed by atoms with Crippen LogP contribution in [0.2, 0.25) is 0 Å². The molecule has 0 saturated carbocycles. The molecule has 0 aliphatic heterocycles. The van der Waals surface area contributed by atoms with Crippen LogP contribution in [0.15, 0.2) is 4.53 Å². The van der Waals surface area contributed by atoms with Crippen molar-refractivity contribution in [3.63, 3.8) is 0 Å². The molecule has 0 aromatic heterocycles.